The standard InChI is InChI=1S/C15H24N2O2/c1-3-12(4-2)11-17-13-7-5-6-8-14(13)19-10-9-15(16)18/h5-8,12,17H,3-4,9-11H2,1-2H3,(H2,16,18). The highest BCUT2D eigenvalue weighted by atomic mass is 16.5. The van der Waals surface area contributed by atoms with Crippen molar-refractivity contribution in [1.29, 1.82) is 0 Å². The van der Waals surface area contributed by atoms with E-state index in [1.165, 1.54) is 0 Å². The van der Waals surface area contributed by atoms with Crippen LogP contribution >= 0.6 is 0 Å². The number of carbonyl (C=O) groups excluding carboxylic acids is 1. The van der Waals surface area contributed by atoms with E-state index in [0.717, 1.165) is 30.8 Å². The molecule has 0 aliphatic carbocycles. The van der Waals surface area contributed by atoms with E-state index >= 15 is 0 Å². The molecule has 0 aromatic heterocycles. The first-order valence-corrected chi connectivity index (χ1v) is 6.91. The lowest BCUT2D eigenvalue weighted by atomic mass is 10.0. The van der Waals surface area contributed by atoms with E-state index in [1.54, 1.807) is 0 Å². The number of amides is 1. The van der Waals surface area contributed by atoms with Gasteiger partial charge in [0, 0.05) is 6.54 Å². The summed E-state index contributed by atoms with van der Waals surface area (Å²) in [5.74, 6) is 1.09. The number of primary amides is 1. The minimum Gasteiger partial charge on any atom is -0.491 e. The molecule has 0 heterocycles. The summed E-state index contributed by atoms with van der Waals surface area (Å²) in [6, 6.07) is 7.77. The summed E-state index contributed by atoms with van der Waals surface area (Å²) in [5, 5.41) is 3.41. The van der Waals surface area contributed by atoms with Gasteiger partial charge in [-0.15, -0.1) is 0 Å². The number of rotatable bonds is 9. The summed E-state index contributed by atoms with van der Waals surface area (Å²) in [6.45, 7) is 5.65. The fraction of sp³-hybridized carbons (Fsp3) is 0.533. The quantitative estimate of drug-likeness (QED) is 0.721. The highest BCUT2D eigenvalue weighted by molar-refractivity contribution is 5.73. The van der Waals surface area contributed by atoms with Crippen LogP contribution in [0.25, 0.3) is 0 Å². The van der Waals surface area contributed by atoms with Crippen molar-refractivity contribution in [3.8, 4) is 5.75 Å². The van der Waals surface area contributed by atoms with Crippen LogP contribution in [0, 0.1) is 5.92 Å². The monoisotopic (exact) mass is 264 g/mol. The molecule has 1 aromatic rings. The lowest BCUT2D eigenvalue weighted by Crippen LogP contribution is -2.16. The number of anilines is 1. The Morgan fingerprint density at radius 1 is 1.32 bits per heavy atom. The van der Waals surface area contributed by atoms with E-state index < -0.39 is 0 Å². The van der Waals surface area contributed by atoms with Crippen LogP contribution < -0.4 is 15.8 Å². The summed E-state index contributed by atoms with van der Waals surface area (Å²) < 4.78 is 5.58. The SMILES string of the molecule is CCC(CC)CNc1ccccc1OCCC(N)=O. The van der Waals surface area contributed by atoms with Crippen molar-refractivity contribution >= 4 is 11.6 Å². The number of nitrogens with two attached hydrogens (primary N) is 1. The van der Waals surface area contributed by atoms with Crippen LogP contribution in [0.15, 0.2) is 24.3 Å². The Bertz CT molecular complexity index is 389. The molecule has 0 fully saturated rings. The summed E-state index contributed by atoms with van der Waals surface area (Å²) in [6.07, 6.45) is 2.56. The van der Waals surface area contributed by atoms with Crippen LogP contribution in [0.5, 0.6) is 5.75 Å². The van der Waals surface area contributed by atoms with Crippen LogP contribution in [-0.4, -0.2) is 19.1 Å². The predicted octanol–water partition coefficient (Wildman–Crippen LogP) is 2.79. The molecular weight excluding hydrogens is 240 g/mol. The van der Waals surface area contributed by atoms with E-state index in [2.05, 4.69) is 19.2 Å². The Labute approximate surface area is 115 Å². The van der Waals surface area contributed by atoms with Gasteiger partial charge in [-0.1, -0.05) is 38.8 Å². The zero-order valence-electron chi connectivity index (χ0n) is 11.8. The van der Waals surface area contributed by atoms with Crippen molar-refractivity contribution < 1.29 is 9.53 Å². The molecule has 0 bridgehead atoms. The van der Waals surface area contributed by atoms with Gasteiger partial charge in [-0.3, -0.25) is 4.79 Å². The van der Waals surface area contributed by atoms with E-state index in [-0.39, 0.29) is 12.3 Å². The molecule has 0 aliphatic heterocycles. The van der Waals surface area contributed by atoms with Crippen molar-refractivity contribution in [1.82, 2.24) is 0 Å². The number of hydrogen-bond donors (Lipinski definition) is 2. The van der Waals surface area contributed by atoms with Gasteiger partial charge in [-0.2, -0.15) is 0 Å². The van der Waals surface area contributed by atoms with Gasteiger partial charge in [-0.25, -0.2) is 0 Å². The predicted molar refractivity (Wildman–Crippen MR) is 78.3 cm³/mol. The maximum Gasteiger partial charge on any atom is 0.220 e. The van der Waals surface area contributed by atoms with Gasteiger partial charge in [-0.05, 0) is 18.1 Å². The molecule has 0 radical (unpaired) electrons. The molecule has 0 saturated heterocycles. The van der Waals surface area contributed by atoms with E-state index in [0.29, 0.717) is 12.5 Å². The topological polar surface area (TPSA) is 64.3 Å². The lowest BCUT2D eigenvalue weighted by Gasteiger charge is -2.17. The minimum absolute atomic E-state index is 0.237. The number of ether oxygens (including phenoxy) is 1. The van der Waals surface area contributed by atoms with Crippen molar-refractivity contribution in [3.05, 3.63) is 24.3 Å². The smallest absolute Gasteiger partial charge is 0.220 e. The second-order valence-corrected chi connectivity index (χ2v) is 4.62. The first-order chi connectivity index (χ1) is 9.17. The molecule has 1 rings (SSSR count). The molecule has 0 unspecified atom stereocenters. The maximum absolute atomic E-state index is 10.7. The minimum atomic E-state index is -0.345. The second kappa shape index (κ2) is 8.40. The van der Waals surface area contributed by atoms with Gasteiger partial charge in [0.2, 0.25) is 5.91 Å². The fourth-order valence-corrected chi connectivity index (χ4v) is 1.83. The molecule has 0 atom stereocenters. The molecule has 1 amide bonds. The molecule has 106 valence electrons. The van der Waals surface area contributed by atoms with Crippen LogP contribution in [0.3, 0.4) is 0 Å². The zero-order chi connectivity index (χ0) is 14.1. The first kappa shape index (κ1) is 15.3. The highest BCUT2D eigenvalue weighted by Gasteiger charge is 2.06. The summed E-state index contributed by atoms with van der Waals surface area (Å²) >= 11 is 0. The van der Waals surface area contributed by atoms with Crippen molar-refractivity contribution in [2.75, 3.05) is 18.5 Å². The molecular formula is C15H24N2O2. The van der Waals surface area contributed by atoms with Gasteiger partial charge in [0.25, 0.3) is 0 Å². The van der Waals surface area contributed by atoms with Crippen molar-refractivity contribution in [3.63, 3.8) is 0 Å². The average molecular weight is 264 g/mol. The molecule has 19 heavy (non-hydrogen) atoms. The number of benzene rings is 1. The van der Waals surface area contributed by atoms with Crippen molar-refractivity contribution in [2.24, 2.45) is 11.7 Å². The normalized spacial score (nSPS) is 10.5. The third-order valence-corrected chi connectivity index (χ3v) is 3.23. The first-order valence-electron chi connectivity index (χ1n) is 6.91. The van der Waals surface area contributed by atoms with Crippen LogP contribution in [0.1, 0.15) is 33.1 Å². The average Bonchev–Trinajstić information content (AvgIpc) is 2.41. The lowest BCUT2D eigenvalue weighted by molar-refractivity contribution is -0.118. The maximum atomic E-state index is 10.7. The summed E-state index contributed by atoms with van der Waals surface area (Å²) in [5.41, 5.74) is 6.07. The Balaban J connectivity index is 2.54. The van der Waals surface area contributed by atoms with E-state index in [1.807, 2.05) is 24.3 Å². The Morgan fingerprint density at radius 2 is 2.00 bits per heavy atom. The third kappa shape index (κ3) is 5.64. The Hall–Kier alpha value is -1.71. The third-order valence-electron chi connectivity index (χ3n) is 3.23. The van der Waals surface area contributed by atoms with Crippen LogP contribution in [-0.2, 0) is 4.79 Å². The number of hydrogen-bond acceptors (Lipinski definition) is 3. The van der Waals surface area contributed by atoms with Crippen LogP contribution in [0.4, 0.5) is 5.69 Å². The van der Waals surface area contributed by atoms with Gasteiger partial charge in [0.1, 0.15) is 5.75 Å². The molecule has 0 aliphatic rings. The van der Waals surface area contributed by atoms with Gasteiger partial charge >= 0.3 is 0 Å². The molecule has 0 spiro atoms. The zero-order valence-corrected chi connectivity index (χ0v) is 11.8. The van der Waals surface area contributed by atoms with Crippen LogP contribution in [0.2, 0.25) is 0 Å². The van der Waals surface area contributed by atoms with Gasteiger partial charge in [0.05, 0.1) is 18.7 Å². The Kier molecular flexibility index (Phi) is 6.79. The molecule has 4 heteroatoms. The summed E-state index contributed by atoms with van der Waals surface area (Å²) in [4.78, 5) is 10.7. The number of nitrogens with one attached hydrogen (secondary N) is 1. The molecule has 4 nitrogen and oxygen atoms in total. The summed E-state index contributed by atoms with van der Waals surface area (Å²) in [7, 11) is 0. The largest absolute Gasteiger partial charge is 0.491 e. The second-order valence-electron chi connectivity index (χ2n) is 4.62. The molecule has 3 N–H and O–H groups in total. The van der Waals surface area contributed by atoms with E-state index in [9.17, 15) is 4.79 Å². The Morgan fingerprint density at radius 3 is 2.63 bits per heavy atom. The van der Waals surface area contributed by atoms with E-state index in [4.69, 9.17) is 10.5 Å². The number of para-hydroxylation sites is 2. The number of carbonyl (C=O) groups is 1. The van der Waals surface area contributed by atoms with Gasteiger partial charge in [0.15, 0.2) is 0 Å². The highest BCUT2D eigenvalue weighted by Crippen LogP contribution is 2.24. The van der Waals surface area contributed by atoms with Crippen molar-refractivity contribution in [2.45, 2.75) is 33.1 Å². The molecule has 1 aromatic carbocycles. The fourth-order valence-electron chi connectivity index (χ4n) is 1.83. The van der Waals surface area contributed by atoms with Gasteiger partial charge < -0.3 is 15.8 Å². The molecule has 0 saturated carbocycles.